The van der Waals surface area contributed by atoms with Gasteiger partial charge in [0, 0.05) is 39.2 Å². The van der Waals surface area contributed by atoms with E-state index in [0.29, 0.717) is 13.0 Å². The molecule has 3 N–H and O–H groups in total. The number of likely N-dealkylation sites (tertiary alicyclic amines) is 1. The maximum atomic E-state index is 11.7. The second-order valence-electron chi connectivity index (χ2n) is 4.31. The average Bonchev–Trinajstić information content (AvgIpc) is 2.66. The molecule has 2 amide bonds. The molecule has 1 aliphatic heterocycles. The zero-order chi connectivity index (χ0) is 12.8. The lowest BCUT2D eigenvalue weighted by atomic mass is 10.2. The molecule has 0 aliphatic carbocycles. The Hall–Kier alpha value is -1.14. The van der Waals surface area contributed by atoms with Crippen molar-refractivity contribution in [3.05, 3.63) is 0 Å². The van der Waals surface area contributed by atoms with Crippen molar-refractivity contribution in [3.63, 3.8) is 0 Å². The van der Waals surface area contributed by atoms with Gasteiger partial charge in [-0.1, -0.05) is 0 Å². The third-order valence-electron chi connectivity index (χ3n) is 2.85. The summed E-state index contributed by atoms with van der Waals surface area (Å²) >= 11 is 0. The van der Waals surface area contributed by atoms with Crippen LogP contribution in [0.15, 0.2) is 0 Å². The minimum atomic E-state index is -0.619. The fourth-order valence-corrected chi connectivity index (χ4v) is 1.92. The fourth-order valence-electron chi connectivity index (χ4n) is 1.92. The molecule has 1 heterocycles. The molecule has 2 atom stereocenters. The van der Waals surface area contributed by atoms with Crippen LogP contribution in [0.25, 0.3) is 0 Å². The number of nitrogens with one attached hydrogen (secondary N) is 1. The van der Waals surface area contributed by atoms with Crippen molar-refractivity contribution in [1.29, 1.82) is 0 Å². The Kier molecular flexibility index (Phi) is 5.37. The number of hydrogen-bond donors (Lipinski definition) is 2. The molecule has 98 valence electrons. The van der Waals surface area contributed by atoms with Crippen molar-refractivity contribution in [3.8, 4) is 0 Å². The molecule has 2 unspecified atom stereocenters. The summed E-state index contributed by atoms with van der Waals surface area (Å²) in [6, 6.07) is -0.0891. The van der Waals surface area contributed by atoms with Gasteiger partial charge in [0.15, 0.2) is 0 Å². The third-order valence-corrected chi connectivity index (χ3v) is 2.85. The highest BCUT2D eigenvalue weighted by Crippen LogP contribution is 2.09. The first-order valence-electron chi connectivity index (χ1n) is 5.89. The van der Waals surface area contributed by atoms with E-state index in [1.165, 1.54) is 7.11 Å². The molecule has 0 aromatic heterocycles. The average molecular weight is 243 g/mol. The van der Waals surface area contributed by atoms with Crippen molar-refractivity contribution in [2.75, 3.05) is 26.7 Å². The quantitative estimate of drug-likeness (QED) is 0.632. The molecule has 0 bridgehead atoms. The number of carbonyl (C=O) groups excluding carboxylic acids is 2. The van der Waals surface area contributed by atoms with E-state index >= 15 is 0 Å². The van der Waals surface area contributed by atoms with Gasteiger partial charge < -0.3 is 20.7 Å². The van der Waals surface area contributed by atoms with E-state index in [2.05, 4.69) is 5.32 Å². The smallest absolute Gasteiger partial charge is 0.250 e. The third kappa shape index (κ3) is 3.98. The van der Waals surface area contributed by atoms with Gasteiger partial charge in [0.05, 0.1) is 0 Å². The highest BCUT2D eigenvalue weighted by Gasteiger charge is 2.23. The Morgan fingerprint density at radius 1 is 1.65 bits per heavy atom. The van der Waals surface area contributed by atoms with Crippen LogP contribution in [0.5, 0.6) is 0 Å². The van der Waals surface area contributed by atoms with Gasteiger partial charge in [0.1, 0.15) is 6.10 Å². The number of nitrogens with two attached hydrogens (primary N) is 1. The van der Waals surface area contributed by atoms with Crippen LogP contribution in [0.3, 0.4) is 0 Å². The summed E-state index contributed by atoms with van der Waals surface area (Å²) in [5.41, 5.74) is 5.40. The number of amides is 2. The Balaban J connectivity index is 2.35. The second kappa shape index (κ2) is 6.56. The van der Waals surface area contributed by atoms with E-state index in [1.807, 2.05) is 6.92 Å². The Bertz CT molecular complexity index is 279. The number of ether oxygens (including phenoxy) is 1. The van der Waals surface area contributed by atoms with Gasteiger partial charge >= 0.3 is 0 Å². The minimum absolute atomic E-state index is 0.0891. The first kappa shape index (κ1) is 13.9. The molecular weight excluding hydrogens is 222 g/mol. The molecule has 0 aromatic rings. The molecule has 1 rings (SSSR count). The van der Waals surface area contributed by atoms with Crippen LogP contribution >= 0.6 is 0 Å². The van der Waals surface area contributed by atoms with Gasteiger partial charge in [-0.05, 0) is 13.3 Å². The van der Waals surface area contributed by atoms with E-state index in [-0.39, 0.29) is 24.4 Å². The largest absolute Gasteiger partial charge is 0.370 e. The summed E-state index contributed by atoms with van der Waals surface area (Å²) in [6.07, 6.45) is 0.902. The van der Waals surface area contributed by atoms with Crippen LogP contribution in [0.2, 0.25) is 0 Å². The standard InChI is InChI=1S/C11H21N3O3/c1-8(7-14-5-3-4-10(14)15)13-11(16)9(6-12)17-2/h8-9H,3-7,12H2,1-2H3,(H,13,16). The molecule has 1 fully saturated rings. The molecule has 0 radical (unpaired) electrons. The number of rotatable bonds is 6. The molecule has 1 saturated heterocycles. The zero-order valence-corrected chi connectivity index (χ0v) is 10.4. The van der Waals surface area contributed by atoms with Crippen LogP contribution in [-0.2, 0) is 14.3 Å². The van der Waals surface area contributed by atoms with Crippen molar-refractivity contribution in [2.24, 2.45) is 5.73 Å². The molecule has 1 aliphatic rings. The normalized spacial score (nSPS) is 19.2. The van der Waals surface area contributed by atoms with Crippen LogP contribution in [0.4, 0.5) is 0 Å². The summed E-state index contributed by atoms with van der Waals surface area (Å²) in [7, 11) is 1.45. The van der Waals surface area contributed by atoms with E-state index < -0.39 is 6.10 Å². The van der Waals surface area contributed by atoms with Gasteiger partial charge in [-0.3, -0.25) is 9.59 Å². The summed E-state index contributed by atoms with van der Waals surface area (Å²) < 4.78 is 4.94. The predicted octanol–water partition coefficient (Wildman–Crippen LogP) is -0.913. The van der Waals surface area contributed by atoms with E-state index in [9.17, 15) is 9.59 Å². The fraction of sp³-hybridized carbons (Fsp3) is 0.818. The van der Waals surface area contributed by atoms with Crippen molar-refractivity contribution >= 4 is 11.8 Å². The summed E-state index contributed by atoms with van der Waals surface area (Å²) in [5, 5.41) is 2.79. The monoisotopic (exact) mass is 243 g/mol. The highest BCUT2D eigenvalue weighted by molar-refractivity contribution is 5.81. The summed E-state index contributed by atoms with van der Waals surface area (Å²) in [4.78, 5) is 24.8. The van der Waals surface area contributed by atoms with Gasteiger partial charge in [0.25, 0.3) is 5.91 Å². The minimum Gasteiger partial charge on any atom is -0.370 e. The molecule has 0 saturated carbocycles. The number of methoxy groups -OCH3 is 1. The molecule has 0 aromatic carbocycles. The van der Waals surface area contributed by atoms with Gasteiger partial charge in [-0.2, -0.15) is 0 Å². The van der Waals surface area contributed by atoms with Crippen molar-refractivity contribution in [2.45, 2.75) is 31.9 Å². The SMILES string of the molecule is COC(CN)C(=O)NC(C)CN1CCCC1=O. The van der Waals surface area contributed by atoms with Crippen LogP contribution < -0.4 is 11.1 Å². The zero-order valence-electron chi connectivity index (χ0n) is 10.4. The highest BCUT2D eigenvalue weighted by atomic mass is 16.5. The topological polar surface area (TPSA) is 84.7 Å². The van der Waals surface area contributed by atoms with E-state index in [1.54, 1.807) is 4.90 Å². The molecule has 6 heteroatoms. The molecular formula is C11H21N3O3. The lowest BCUT2D eigenvalue weighted by molar-refractivity contribution is -0.132. The Labute approximate surface area is 101 Å². The Morgan fingerprint density at radius 3 is 2.82 bits per heavy atom. The summed E-state index contributed by atoms with van der Waals surface area (Å²) in [6.45, 7) is 3.35. The van der Waals surface area contributed by atoms with E-state index in [0.717, 1.165) is 13.0 Å². The number of carbonyl (C=O) groups is 2. The van der Waals surface area contributed by atoms with Crippen molar-refractivity contribution < 1.29 is 14.3 Å². The predicted molar refractivity (Wildman–Crippen MR) is 63.3 cm³/mol. The maximum absolute atomic E-state index is 11.7. The first-order chi connectivity index (χ1) is 8.08. The molecule has 6 nitrogen and oxygen atoms in total. The Morgan fingerprint density at radius 2 is 2.35 bits per heavy atom. The number of hydrogen-bond acceptors (Lipinski definition) is 4. The lowest BCUT2D eigenvalue weighted by Gasteiger charge is -2.23. The van der Waals surface area contributed by atoms with Crippen LogP contribution in [0.1, 0.15) is 19.8 Å². The van der Waals surface area contributed by atoms with Crippen LogP contribution in [-0.4, -0.2) is 55.6 Å². The summed E-state index contributed by atoms with van der Waals surface area (Å²) in [5.74, 6) is -0.0673. The molecule has 17 heavy (non-hydrogen) atoms. The van der Waals surface area contributed by atoms with Gasteiger partial charge in [-0.25, -0.2) is 0 Å². The van der Waals surface area contributed by atoms with Gasteiger partial charge in [0.2, 0.25) is 5.91 Å². The van der Waals surface area contributed by atoms with E-state index in [4.69, 9.17) is 10.5 Å². The first-order valence-corrected chi connectivity index (χ1v) is 5.89. The lowest BCUT2D eigenvalue weighted by Crippen LogP contribution is -2.48. The van der Waals surface area contributed by atoms with Gasteiger partial charge in [-0.15, -0.1) is 0 Å². The number of nitrogens with zero attached hydrogens (tertiary/aromatic N) is 1. The van der Waals surface area contributed by atoms with Crippen LogP contribution in [0, 0.1) is 0 Å². The maximum Gasteiger partial charge on any atom is 0.250 e. The van der Waals surface area contributed by atoms with Crippen molar-refractivity contribution in [1.82, 2.24) is 10.2 Å². The second-order valence-corrected chi connectivity index (χ2v) is 4.31. The molecule has 0 spiro atoms.